The van der Waals surface area contributed by atoms with E-state index in [4.69, 9.17) is 16.3 Å². The van der Waals surface area contributed by atoms with Crippen LogP contribution < -0.4 is 9.64 Å². The van der Waals surface area contributed by atoms with Crippen LogP contribution in [0.5, 0.6) is 5.75 Å². The highest BCUT2D eigenvalue weighted by molar-refractivity contribution is 6.30. The number of anilines is 1. The second kappa shape index (κ2) is 6.50. The van der Waals surface area contributed by atoms with Crippen molar-refractivity contribution in [2.75, 3.05) is 18.5 Å². The summed E-state index contributed by atoms with van der Waals surface area (Å²) in [5, 5.41) is 0.729. The van der Waals surface area contributed by atoms with Gasteiger partial charge in [0.2, 0.25) is 0 Å². The van der Waals surface area contributed by atoms with E-state index in [9.17, 15) is 0 Å². The molecule has 3 rings (SSSR count). The van der Waals surface area contributed by atoms with Gasteiger partial charge in [0.05, 0.1) is 5.69 Å². The summed E-state index contributed by atoms with van der Waals surface area (Å²) in [5.41, 5.74) is 2.91. The molecule has 0 bridgehead atoms. The van der Waals surface area contributed by atoms with Crippen molar-refractivity contribution in [1.29, 1.82) is 0 Å². The lowest BCUT2D eigenvalue weighted by Crippen LogP contribution is -2.18. The molecular formula is C18H20ClN3O. The van der Waals surface area contributed by atoms with Crippen LogP contribution >= 0.6 is 11.6 Å². The van der Waals surface area contributed by atoms with Gasteiger partial charge in [-0.2, -0.15) is 0 Å². The molecule has 0 saturated carbocycles. The number of rotatable bonds is 5. The van der Waals surface area contributed by atoms with Crippen LogP contribution in [-0.4, -0.2) is 23.0 Å². The fourth-order valence-corrected chi connectivity index (χ4v) is 2.73. The molecule has 0 aliphatic heterocycles. The van der Waals surface area contributed by atoms with Crippen LogP contribution in [0.1, 0.15) is 18.2 Å². The van der Waals surface area contributed by atoms with Gasteiger partial charge < -0.3 is 9.64 Å². The van der Waals surface area contributed by atoms with E-state index in [1.54, 1.807) is 0 Å². The van der Waals surface area contributed by atoms with Crippen LogP contribution in [0.25, 0.3) is 5.65 Å². The van der Waals surface area contributed by atoms with Gasteiger partial charge >= 0.3 is 0 Å². The fourth-order valence-electron chi connectivity index (χ4n) is 2.61. The van der Waals surface area contributed by atoms with Crippen LogP contribution in [0, 0.1) is 6.92 Å². The summed E-state index contributed by atoms with van der Waals surface area (Å²) < 4.78 is 8.06. The zero-order valence-corrected chi connectivity index (χ0v) is 14.3. The van der Waals surface area contributed by atoms with E-state index in [2.05, 4.69) is 28.3 Å². The first-order chi connectivity index (χ1) is 11.1. The number of aromatic nitrogens is 2. The van der Waals surface area contributed by atoms with Crippen molar-refractivity contribution in [3.05, 3.63) is 58.9 Å². The van der Waals surface area contributed by atoms with Crippen molar-refractivity contribution in [3.63, 3.8) is 0 Å². The van der Waals surface area contributed by atoms with Crippen LogP contribution in [0.2, 0.25) is 5.02 Å². The van der Waals surface area contributed by atoms with Gasteiger partial charge in [0.1, 0.15) is 12.4 Å². The number of imidazole rings is 1. The molecule has 4 nitrogen and oxygen atoms in total. The van der Waals surface area contributed by atoms with Gasteiger partial charge in [0.25, 0.3) is 0 Å². The maximum atomic E-state index is 5.98. The molecular weight excluding hydrogens is 310 g/mol. The van der Waals surface area contributed by atoms with E-state index in [-0.39, 0.29) is 0 Å². The maximum absolute atomic E-state index is 5.98. The fraction of sp³-hybridized carbons (Fsp3) is 0.278. The molecule has 0 saturated heterocycles. The Labute approximate surface area is 141 Å². The zero-order chi connectivity index (χ0) is 16.4. The molecule has 0 aliphatic carbocycles. The molecule has 3 aromatic rings. The Bertz CT molecular complexity index is 811. The molecule has 2 aromatic heterocycles. The van der Waals surface area contributed by atoms with E-state index in [0.717, 1.165) is 40.0 Å². The van der Waals surface area contributed by atoms with Crippen LogP contribution in [0.4, 0.5) is 5.82 Å². The van der Waals surface area contributed by atoms with Gasteiger partial charge in [-0.15, -0.1) is 0 Å². The average molecular weight is 330 g/mol. The number of aryl methyl sites for hydroxylation is 1. The number of halogens is 1. The molecule has 0 atom stereocenters. The Morgan fingerprint density at radius 3 is 2.65 bits per heavy atom. The highest BCUT2D eigenvalue weighted by Gasteiger charge is 2.14. The Morgan fingerprint density at radius 2 is 1.96 bits per heavy atom. The summed E-state index contributed by atoms with van der Waals surface area (Å²) in [5.74, 6) is 1.88. The first-order valence-corrected chi connectivity index (χ1v) is 8.04. The second-order valence-corrected chi connectivity index (χ2v) is 5.95. The summed E-state index contributed by atoms with van der Waals surface area (Å²) in [4.78, 5) is 6.86. The van der Waals surface area contributed by atoms with Crippen molar-refractivity contribution in [3.8, 4) is 5.75 Å². The van der Waals surface area contributed by atoms with Gasteiger partial charge in [0, 0.05) is 24.8 Å². The SMILES string of the molecule is CCN(C)c1c(C)nc2c(OCc3ccc(Cl)cc3)cccn12. The van der Waals surface area contributed by atoms with E-state index in [0.29, 0.717) is 6.61 Å². The van der Waals surface area contributed by atoms with E-state index in [1.807, 2.05) is 49.5 Å². The molecule has 2 heterocycles. The molecule has 0 aliphatic rings. The van der Waals surface area contributed by atoms with E-state index >= 15 is 0 Å². The van der Waals surface area contributed by atoms with Crippen LogP contribution in [-0.2, 0) is 6.61 Å². The number of ether oxygens (including phenoxy) is 1. The molecule has 0 N–H and O–H groups in total. The molecule has 5 heteroatoms. The minimum atomic E-state index is 0.488. The third-order valence-electron chi connectivity index (χ3n) is 3.90. The van der Waals surface area contributed by atoms with Gasteiger partial charge in [-0.3, -0.25) is 4.40 Å². The Kier molecular flexibility index (Phi) is 4.44. The molecule has 120 valence electrons. The predicted octanol–water partition coefficient (Wildman–Crippen LogP) is 4.33. The molecule has 0 unspecified atom stereocenters. The smallest absolute Gasteiger partial charge is 0.181 e. The predicted molar refractivity (Wildman–Crippen MR) is 94.7 cm³/mol. The minimum absolute atomic E-state index is 0.488. The minimum Gasteiger partial charge on any atom is -0.485 e. The third-order valence-corrected chi connectivity index (χ3v) is 4.15. The summed E-state index contributed by atoms with van der Waals surface area (Å²) >= 11 is 5.91. The van der Waals surface area contributed by atoms with Gasteiger partial charge in [-0.1, -0.05) is 23.7 Å². The summed E-state index contributed by atoms with van der Waals surface area (Å²) in [6, 6.07) is 11.6. The van der Waals surface area contributed by atoms with Crippen molar-refractivity contribution < 1.29 is 4.74 Å². The Balaban J connectivity index is 1.91. The van der Waals surface area contributed by atoms with Gasteiger partial charge in [0.15, 0.2) is 11.4 Å². The number of benzene rings is 1. The number of hydrogen-bond donors (Lipinski definition) is 0. The van der Waals surface area contributed by atoms with Gasteiger partial charge in [-0.05, 0) is 43.7 Å². The topological polar surface area (TPSA) is 29.8 Å². The van der Waals surface area contributed by atoms with Crippen LogP contribution in [0.15, 0.2) is 42.6 Å². The lowest BCUT2D eigenvalue weighted by Gasteiger charge is -2.17. The van der Waals surface area contributed by atoms with Gasteiger partial charge in [-0.25, -0.2) is 4.98 Å². The Morgan fingerprint density at radius 1 is 1.22 bits per heavy atom. The largest absolute Gasteiger partial charge is 0.485 e. The average Bonchev–Trinajstić information content (AvgIpc) is 2.90. The number of nitrogens with zero attached hydrogens (tertiary/aromatic N) is 3. The van der Waals surface area contributed by atoms with Crippen molar-refractivity contribution in [2.45, 2.75) is 20.5 Å². The highest BCUT2D eigenvalue weighted by atomic mass is 35.5. The monoisotopic (exact) mass is 329 g/mol. The maximum Gasteiger partial charge on any atom is 0.181 e. The summed E-state index contributed by atoms with van der Waals surface area (Å²) in [7, 11) is 2.07. The molecule has 0 fully saturated rings. The molecule has 0 spiro atoms. The first kappa shape index (κ1) is 15.7. The first-order valence-electron chi connectivity index (χ1n) is 7.66. The summed E-state index contributed by atoms with van der Waals surface area (Å²) in [6.45, 7) is 5.56. The third kappa shape index (κ3) is 3.13. The number of hydrogen-bond acceptors (Lipinski definition) is 3. The number of pyridine rings is 1. The Hall–Kier alpha value is -2.20. The molecule has 0 amide bonds. The standard InChI is InChI=1S/C18H20ClN3O/c1-4-21(3)18-13(2)20-17-16(6-5-11-22(17)18)23-12-14-7-9-15(19)10-8-14/h5-11H,4,12H2,1-3H3. The lowest BCUT2D eigenvalue weighted by molar-refractivity contribution is 0.308. The van der Waals surface area contributed by atoms with Crippen molar-refractivity contribution in [1.82, 2.24) is 9.38 Å². The van der Waals surface area contributed by atoms with Crippen molar-refractivity contribution >= 4 is 23.1 Å². The van der Waals surface area contributed by atoms with E-state index in [1.165, 1.54) is 0 Å². The van der Waals surface area contributed by atoms with Crippen LogP contribution in [0.3, 0.4) is 0 Å². The molecule has 0 radical (unpaired) electrons. The number of fused-ring (bicyclic) bond motifs is 1. The summed E-state index contributed by atoms with van der Waals surface area (Å²) in [6.07, 6.45) is 2.02. The zero-order valence-electron chi connectivity index (χ0n) is 13.6. The second-order valence-electron chi connectivity index (χ2n) is 5.52. The lowest BCUT2D eigenvalue weighted by atomic mass is 10.2. The quantitative estimate of drug-likeness (QED) is 0.697. The van der Waals surface area contributed by atoms with E-state index < -0.39 is 0 Å². The molecule has 1 aromatic carbocycles. The normalized spacial score (nSPS) is 11.0. The molecule has 23 heavy (non-hydrogen) atoms. The van der Waals surface area contributed by atoms with Crippen molar-refractivity contribution in [2.24, 2.45) is 0 Å². The highest BCUT2D eigenvalue weighted by Crippen LogP contribution is 2.27.